The van der Waals surface area contributed by atoms with Gasteiger partial charge in [-0.05, 0) is 80.6 Å². The third kappa shape index (κ3) is 6.21. The first-order valence-corrected chi connectivity index (χ1v) is 12.5. The van der Waals surface area contributed by atoms with Crippen molar-refractivity contribution in [3.05, 3.63) is 89.1 Å². The van der Waals surface area contributed by atoms with Gasteiger partial charge in [0.05, 0.1) is 11.8 Å². The number of carbonyl (C=O) groups excluding carboxylic acids is 2. The number of nitrogens with zero attached hydrogens (tertiary/aromatic N) is 2. The summed E-state index contributed by atoms with van der Waals surface area (Å²) in [5.41, 5.74) is 3.17. The van der Waals surface area contributed by atoms with Crippen molar-refractivity contribution in [2.45, 2.75) is 45.7 Å². The number of halogens is 1. The summed E-state index contributed by atoms with van der Waals surface area (Å²) in [6.07, 6.45) is 3.85. The van der Waals surface area contributed by atoms with Gasteiger partial charge in [-0.3, -0.25) is 14.5 Å². The number of likely N-dealkylation sites (N-methyl/N-ethyl adjacent to an activating group) is 1. The molecule has 0 spiro atoms. The van der Waals surface area contributed by atoms with Crippen LogP contribution >= 0.6 is 0 Å². The average molecular weight is 492 g/mol. The van der Waals surface area contributed by atoms with Crippen molar-refractivity contribution in [1.29, 1.82) is 0 Å². The number of piperidine rings is 1. The molecule has 1 aliphatic heterocycles. The Balaban J connectivity index is 1.44. The van der Waals surface area contributed by atoms with E-state index in [2.05, 4.69) is 10.2 Å². The van der Waals surface area contributed by atoms with Gasteiger partial charge in [-0.15, -0.1) is 0 Å². The van der Waals surface area contributed by atoms with Crippen LogP contribution in [-0.4, -0.2) is 47.8 Å². The molecule has 2 aromatic carbocycles. The Morgan fingerprint density at radius 1 is 1.11 bits per heavy atom. The van der Waals surface area contributed by atoms with Gasteiger partial charge < -0.3 is 14.6 Å². The molecule has 0 bridgehead atoms. The average Bonchev–Trinajstić information content (AvgIpc) is 3.30. The van der Waals surface area contributed by atoms with E-state index in [1.807, 2.05) is 43.4 Å². The first-order valence-electron chi connectivity index (χ1n) is 12.5. The fourth-order valence-electron chi connectivity index (χ4n) is 5.11. The predicted octanol–water partition coefficient (Wildman–Crippen LogP) is 5.28. The van der Waals surface area contributed by atoms with Crippen molar-refractivity contribution >= 4 is 17.5 Å². The first kappa shape index (κ1) is 25.6. The van der Waals surface area contributed by atoms with Gasteiger partial charge in [0.1, 0.15) is 11.6 Å². The molecular weight excluding hydrogens is 457 g/mol. The van der Waals surface area contributed by atoms with Crippen molar-refractivity contribution < 1.29 is 18.4 Å². The molecule has 2 amide bonds. The minimum absolute atomic E-state index is 0.0823. The molecular formula is C29H34FN3O3. The van der Waals surface area contributed by atoms with E-state index in [0.717, 1.165) is 38.2 Å². The number of likely N-dealkylation sites (tertiary alicyclic amines) is 1. The maximum Gasteiger partial charge on any atom is 0.257 e. The lowest BCUT2D eigenvalue weighted by Crippen LogP contribution is -2.47. The molecule has 0 aliphatic carbocycles. The summed E-state index contributed by atoms with van der Waals surface area (Å²) in [6, 6.07) is 16.3. The SMILES string of the molecule is CC(=O)Nc1ccc(CN2CCC(C(Cc3ccccc3F)N(C)C(=O)c3ccoc3C)CC2)cc1. The number of hydrogen-bond donors (Lipinski definition) is 1. The highest BCUT2D eigenvalue weighted by molar-refractivity contribution is 5.95. The molecule has 1 fully saturated rings. The van der Waals surface area contributed by atoms with E-state index in [1.54, 1.807) is 24.0 Å². The smallest absolute Gasteiger partial charge is 0.257 e. The van der Waals surface area contributed by atoms with E-state index >= 15 is 0 Å². The molecule has 1 saturated heterocycles. The Morgan fingerprint density at radius 3 is 2.42 bits per heavy atom. The standard InChI is InChI=1S/C29H34FN3O3/c1-20-26(14-17-36-20)29(35)32(3)28(18-24-6-4-5-7-27(24)30)23-12-15-33(16-13-23)19-22-8-10-25(11-9-22)31-21(2)34/h4-11,14,17,23,28H,12-13,15-16,18-19H2,1-3H3,(H,31,34). The van der Waals surface area contributed by atoms with Crippen LogP contribution in [-0.2, 0) is 17.8 Å². The van der Waals surface area contributed by atoms with Crippen LogP contribution in [0.5, 0.6) is 0 Å². The molecule has 1 aromatic heterocycles. The minimum atomic E-state index is -0.233. The van der Waals surface area contributed by atoms with Gasteiger partial charge in [0.25, 0.3) is 5.91 Å². The van der Waals surface area contributed by atoms with Crippen LogP contribution in [0.2, 0.25) is 0 Å². The number of hydrogen-bond acceptors (Lipinski definition) is 4. The quantitative estimate of drug-likeness (QED) is 0.466. The zero-order valence-electron chi connectivity index (χ0n) is 21.2. The Morgan fingerprint density at radius 2 is 1.81 bits per heavy atom. The van der Waals surface area contributed by atoms with E-state index in [4.69, 9.17) is 4.42 Å². The van der Waals surface area contributed by atoms with Gasteiger partial charge in [-0.25, -0.2) is 4.39 Å². The second-order valence-corrected chi connectivity index (χ2v) is 9.66. The molecule has 1 aliphatic rings. The summed E-state index contributed by atoms with van der Waals surface area (Å²) in [6.45, 7) is 5.92. The topological polar surface area (TPSA) is 65.8 Å². The van der Waals surface area contributed by atoms with E-state index in [0.29, 0.717) is 23.3 Å². The maximum absolute atomic E-state index is 14.6. The molecule has 0 radical (unpaired) electrons. The number of aryl methyl sites for hydroxylation is 1. The van der Waals surface area contributed by atoms with Crippen LogP contribution in [0, 0.1) is 18.7 Å². The molecule has 1 N–H and O–H groups in total. The molecule has 1 atom stereocenters. The lowest BCUT2D eigenvalue weighted by atomic mass is 9.84. The zero-order valence-corrected chi connectivity index (χ0v) is 21.2. The van der Waals surface area contributed by atoms with Crippen LogP contribution in [0.4, 0.5) is 10.1 Å². The second-order valence-electron chi connectivity index (χ2n) is 9.66. The Labute approximate surface area is 212 Å². The maximum atomic E-state index is 14.6. The van der Waals surface area contributed by atoms with E-state index < -0.39 is 0 Å². The number of furan rings is 1. The van der Waals surface area contributed by atoms with Crippen molar-refractivity contribution in [3.8, 4) is 0 Å². The molecule has 6 nitrogen and oxygen atoms in total. The van der Waals surface area contributed by atoms with Gasteiger partial charge in [-0.2, -0.15) is 0 Å². The minimum Gasteiger partial charge on any atom is -0.469 e. The van der Waals surface area contributed by atoms with Crippen molar-refractivity contribution in [1.82, 2.24) is 9.80 Å². The molecule has 1 unspecified atom stereocenters. The molecule has 4 rings (SSSR count). The summed E-state index contributed by atoms with van der Waals surface area (Å²) in [4.78, 5) is 28.8. The third-order valence-electron chi connectivity index (χ3n) is 7.15. The number of benzene rings is 2. The van der Waals surface area contributed by atoms with Crippen molar-refractivity contribution in [2.75, 3.05) is 25.5 Å². The highest BCUT2D eigenvalue weighted by Gasteiger charge is 2.33. The van der Waals surface area contributed by atoms with Gasteiger partial charge >= 0.3 is 0 Å². The van der Waals surface area contributed by atoms with E-state index in [1.165, 1.54) is 24.8 Å². The number of amides is 2. The first-order chi connectivity index (χ1) is 17.3. The monoisotopic (exact) mass is 491 g/mol. The molecule has 0 saturated carbocycles. The van der Waals surface area contributed by atoms with Crippen LogP contribution in [0.1, 0.15) is 47.0 Å². The Bertz CT molecular complexity index is 1180. The van der Waals surface area contributed by atoms with Crippen LogP contribution < -0.4 is 5.32 Å². The summed E-state index contributed by atoms with van der Waals surface area (Å²) in [7, 11) is 1.82. The van der Waals surface area contributed by atoms with Gasteiger partial charge in [0.15, 0.2) is 0 Å². The summed E-state index contributed by atoms with van der Waals surface area (Å²) < 4.78 is 19.9. The number of carbonyl (C=O) groups is 2. The van der Waals surface area contributed by atoms with Gasteiger partial charge in [0, 0.05) is 32.2 Å². The molecule has 190 valence electrons. The van der Waals surface area contributed by atoms with Crippen LogP contribution in [0.25, 0.3) is 0 Å². The normalized spacial score (nSPS) is 15.4. The highest BCUT2D eigenvalue weighted by Crippen LogP contribution is 2.29. The zero-order chi connectivity index (χ0) is 25.7. The summed E-state index contributed by atoms with van der Waals surface area (Å²) in [5.74, 6) is 0.438. The van der Waals surface area contributed by atoms with Crippen molar-refractivity contribution in [2.24, 2.45) is 5.92 Å². The van der Waals surface area contributed by atoms with E-state index in [-0.39, 0.29) is 29.6 Å². The molecule has 7 heteroatoms. The van der Waals surface area contributed by atoms with Crippen molar-refractivity contribution in [3.63, 3.8) is 0 Å². The number of rotatable bonds is 8. The van der Waals surface area contributed by atoms with Gasteiger partial charge in [-0.1, -0.05) is 30.3 Å². The third-order valence-corrected chi connectivity index (χ3v) is 7.15. The lowest BCUT2D eigenvalue weighted by molar-refractivity contribution is -0.114. The molecule has 3 aromatic rings. The Kier molecular flexibility index (Phi) is 8.21. The van der Waals surface area contributed by atoms with Crippen LogP contribution in [0.15, 0.2) is 65.3 Å². The fraction of sp³-hybridized carbons (Fsp3) is 0.379. The highest BCUT2D eigenvalue weighted by atomic mass is 19.1. The van der Waals surface area contributed by atoms with Crippen LogP contribution in [0.3, 0.4) is 0 Å². The number of anilines is 1. The Hall–Kier alpha value is -3.45. The van der Waals surface area contributed by atoms with E-state index in [9.17, 15) is 14.0 Å². The largest absolute Gasteiger partial charge is 0.469 e. The molecule has 36 heavy (non-hydrogen) atoms. The number of nitrogens with one attached hydrogen (secondary N) is 1. The summed E-state index contributed by atoms with van der Waals surface area (Å²) in [5, 5.41) is 2.79. The fourth-order valence-corrected chi connectivity index (χ4v) is 5.11. The lowest BCUT2D eigenvalue weighted by Gasteiger charge is -2.40. The second kappa shape index (κ2) is 11.5. The van der Waals surface area contributed by atoms with Gasteiger partial charge in [0.2, 0.25) is 5.91 Å². The molecule has 2 heterocycles. The summed E-state index contributed by atoms with van der Waals surface area (Å²) >= 11 is 0. The predicted molar refractivity (Wildman–Crippen MR) is 138 cm³/mol.